The van der Waals surface area contributed by atoms with Gasteiger partial charge in [0.05, 0.1) is 6.20 Å². The molecule has 0 saturated carbocycles. The van der Waals surface area contributed by atoms with Crippen LogP contribution in [-0.4, -0.2) is 27.5 Å². The number of nitrogens with zero attached hydrogens (tertiary/aromatic N) is 2. The van der Waals surface area contributed by atoms with Gasteiger partial charge in [-0.3, -0.25) is 4.79 Å². The molecular formula is C9H12N2O3. The lowest BCUT2D eigenvalue weighted by molar-refractivity contribution is 0.0530. The Kier molecular flexibility index (Phi) is 2.69. The second-order valence-corrected chi connectivity index (χ2v) is 3.79. The minimum atomic E-state index is -0.600. The van der Waals surface area contributed by atoms with Gasteiger partial charge in [-0.05, 0) is 20.8 Å². The number of aldehydes is 1. The first kappa shape index (κ1) is 10.4. The van der Waals surface area contributed by atoms with Crippen molar-refractivity contribution in [3.63, 3.8) is 0 Å². The summed E-state index contributed by atoms with van der Waals surface area (Å²) in [5.74, 6) is 0. The SMILES string of the molecule is CC(C)(C)OC(=O)n1cncc1C=O. The fourth-order valence-corrected chi connectivity index (χ4v) is 0.856. The van der Waals surface area contributed by atoms with E-state index in [-0.39, 0.29) is 5.69 Å². The molecule has 0 saturated heterocycles. The van der Waals surface area contributed by atoms with Gasteiger partial charge in [-0.15, -0.1) is 0 Å². The standard InChI is InChI=1S/C9H12N2O3/c1-9(2,3)14-8(13)11-6-10-4-7(11)5-12/h4-6H,1-3H3. The van der Waals surface area contributed by atoms with E-state index in [1.165, 1.54) is 12.5 Å². The summed E-state index contributed by atoms with van der Waals surface area (Å²) in [4.78, 5) is 25.6. The second kappa shape index (κ2) is 3.61. The van der Waals surface area contributed by atoms with Crippen molar-refractivity contribution in [1.29, 1.82) is 0 Å². The van der Waals surface area contributed by atoms with Crippen LogP contribution < -0.4 is 0 Å². The Hall–Kier alpha value is -1.65. The summed E-state index contributed by atoms with van der Waals surface area (Å²) in [6.07, 6.45) is 2.50. The van der Waals surface area contributed by atoms with E-state index < -0.39 is 11.7 Å². The molecule has 0 aliphatic rings. The van der Waals surface area contributed by atoms with E-state index in [0.29, 0.717) is 6.29 Å². The molecule has 0 amide bonds. The van der Waals surface area contributed by atoms with Crippen molar-refractivity contribution < 1.29 is 14.3 Å². The van der Waals surface area contributed by atoms with Gasteiger partial charge in [0.15, 0.2) is 6.29 Å². The van der Waals surface area contributed by atoms with Crippen LogP contribution in [0.4, 0.5) is 4.79 Å². The molecular weight excluding hydrogens is 184 g/mol. The minimum absolute atomic E-state index is 0.180. The van der Waals surface area contributed by atoms with Crippen LogP contribution in [0.25, 0.3) is 0 Å². The van der Waals surface area contributed by atoms with Crippen LogP contribution in [0.5, 0.6) is 0 Å². The van der Waals surface area contributed by atoms with Gasteiger partial charge in [0, 0.05) is 0 Å². The van der Waals surface area contributed by atoms with E-state index in [1.54, 1.807) is 20.8 Å². The molecule has 1 aromatic heterocycles. The zero-order chi connectivity index (χ0) is 10.8. The quantitative estimate of drug-likeness (QED) is 0.638. The van der Waals surface area contributed by atoms with E-state index in [1.807, 2.05) is 0 Å². The summed E-state index contributed by atoms with van der Waals surface area (Å²) >= 11 is 0. The van der Waals surface area contributed by atoms with Crippen molar-refractivity contribution in [2.45, 2.75) is 26.4 Å². The van der Waals surface area contributed by atoms with E-state index in [9.17, 15) is 9.59 Å². The lowest BCUT2D eigenvalue weighted by Crippen LogP contribution is -2.27. The summed E-state index contributed by atoms with van der Waals surface area (Å²) in [5.41, 5.74) is -0.402. The number of hydrogen-bond donors (Lipinski definition) is 0. The minimum Gasteiger partial charge on any atom is -0.443 e. The highest BCUT2D eigenvalue weighted by molar-refractivity contribution is 5.81. The molecule has 0 spiro atoms. The highest BCUT2D eigenvalue weighted by Crippen LogP contribution is 2.09. The third-order valence-electron chi connectivity index (χ3n) is 1.38. The predicted octanol–water partition coefficient (Wildman–Crippen LogP) is 1.48. The molecule has 5 nitrogen and oxygen atoms in total. The zero-order valence-corrected chi connectivity index (χ0v) is 8.35. The molecule has 0 radical (unpaired) electrons. The van der Waals surface area contributed by atoms with Gasteiger partial charge >= 0.3 is 6.09 Å². The number of rotatable bonds is 1. The smallest absolute Gasteiger partial charge is 0.420 e. The Balaban J connectivity index is 2.85. The fraction of sp³-hybridized carbons (Fsp3) is 0.444. The van der Waals surface area contributed by atoms with Gasteiger partial charge in [-0.25, -0.2) is 14.3 Å². The molecule has 0 N–H and O–H groups in total. The highest BCUT2D eigenvalue weighted by Gasteiger charge is 2.19. The van der Waals surface area contributed by atoms with Crippen LogP contribution >= 0.6 is 0 Å². The Morgan fingerprint density at radius 3 is 2.71 bits per heavy atom. The van der Waals surface area contributed by atoms with Crippen molar-refractivity contribution in [3.05, 3.63) is 18.2 Å². The van der Waals surface area contributed by atoms with Gasteiger partial charge in [0.1, 0.15) is 17.6 Å². The predicted molar refractivity (Wildman–Crippen MR) is 49.2 cm³/mol. The van der Waals surface area contributed by atoms with E-state index in [4.69, 9.17) is 4.74 Å². The Bertz CT molecular complexity index is 349. The van der Waals surface area contributed by atoms with Gasteiger partial charge in [0.2, 0.25) is 0 Å². The summed E-state index contributed by atoms with van der Waals surface area (Å²) in [7, 11) is 0. The van der Waals surface area contributed by atoms with Gasteiger partial charge in [0.25, 0.3) is 0 Å². The van der Waals surface area contributed by atoms with E-state index >= 15 is 0 Å². The molecule has 1 heterocycles. The summed E-state index contributed by atoms with van der Waals surface area (Å²) in [6, 6.07) is 0. The summed E-state index contributed by atoms with van der Waals surface area (Å²) < 4.78 is 6.12. The molecule has 1 rings (SSSR count). The molecule has 1 aromatic rings. The van der Waals surface area contributed by atoms with Crippen molar-refractivity contribution in [2.24, 2.45) is 0 Å². The second-order valence-electron chi connectivity index (χ2n) is 3.79. The van der Waals surface area contributed by atoms with Crippen molar-refractivity contribution in [3.8, 4) is 0 Å². The third-order valence-corrected chi connectivity index (χ3v) is 1.38. The summed E-state index contributed by atoms with van der Waals surface area (Å²) in [6.45, 7) is 5.26. The maximum absolute atomic E-state index is 11.4. The van der Waals surface area contributed by atoms with Crippen LogP contribution in [-0.2, 0) is 4.74 Å². The molecule has 0 fully saturated rings. The number of hydrogen-bond acceptors (Lipinski definition) is 4. The summed E-state index contributed by atoms with van der Waals surface area (Å²) in [5, 5.41) is 0. The largest absolute Gasteiger partial charge is 0.443 e. The van der Waals surface area contributed by atoms with E-state index in [0.717, 1.165) is 4.57 Å². The topological polar surface area (TPSA) is 61.2 Å². The Labute approximate surface area is 81.7 Å². The normalized spacial score (nSPS) is 11.1. The number of carbonyl (C=O) groups is 2. The average Bonchev–Trinajstić information content (AvgIpc) is 2.47. The molecule has 5 heteroatoms. The monoisotopic (exact) mass is 196 g/mol. The van der Waals surface area contributed by atoms with Crippen molar-refractivity contribution in [2.75, 3.05) is 0 Å². The Morgan fingerprint density at radius 1 is 1.57 bits per heavy atom. The number of aromatic nitrogens is 2. The van der Waals surface area contributed by atoms with Crippen molar-refractivity contribution >= 4 is 12.4 Å². The first-order valence-electron chi connectivity index (χ1n) is 4.15. The first-order valence-corrected chi connectivity index (χ1v) is 4.15. The molecule has 76 valence electrons. The number of carbonyl (C=O) groups excluding carboxylic acids is 2. The molecule has 0 atom stereocenters. The average molecular weight is 196 g/mol. The number of imidazole rings is 1. The van der Waals surface area contributed by atoms with Crippen LogP contribution in [0.15, 0.2) is 12.5 Å². The maximum atomic E-state index is 11.4. The first-order chi connectivity index (χ1) is 6.44. The maximum Gasteiger partial charge on any atom is 0.420 e. The van der Waals surface area contributed by atoms with Gasteiger partial charge in [-0.1, -0.05) is 0 Å². The van der Waals surface area contributed by atoms with Gasteiger partial charge < -0.3 is 4.74 Å². The lowest BCUT2D eigenvalue weighted by atomic mass is 10.2. The Morgan fingerprint density at radius 2 is 2.21 bits per heavy atom. The van der Waals surface area contributed by atoms with Crippen LogP contribution in [0, 0.1) is 0 Å². The molecule has 0 aliphatic heterocycles. The molecule has 0 bridgehead atoms. The molecule has 0 unspecified atom stereocenters. The molecule has 0 aliphatic carbocycles. The van der Waals surface area contributed by atoms with Gasteiger partial charge in [-0.2, -0.15) is 0 Å². The van der Waals surface area contributed by atoms with Crippen LogP contribution in [0.1, 0.15) is 31.3 Å². The molecule has 14 heavy (non-hydrogen) atoms. The fourth-order valence-electron chi connectivity index (χ4n) is 0.856. The van der Waals surface area contributed by atoms with Crippen LogP contribution in [0.2, 0.25) is 0 Å². The third kappa shape index (κ3) is 2.42. The highest BCUT2D eigenvalue weighted by atomic mass is 16.6. The lowest BCUT2D eigenvalue weighted by Gasteiger charge is -2.19. The van der Waals surface area contributed by atoms with E-state index in [2.05, 4.69) is 4.98 Å². The van der Waals surface area contributed by atoms with Crippen molar-refractivity contribution in [1.82, 2.24) is 9.55 Å². The zero-order valence-electron chi connectivity index (χ0n) is 8.35. The molecule has 0 aromatic carbocycles. The number of ether oxygens (including phenoxy) is 1. The van der Waals surface area contributed by atoms with Crippen LogP contribution in [0.3, 0.4) is 0 Å².